The molecule has 0 saturated carbocycles. The lowest BCUT2D eigenvalue weighted by Gasteiger charge is -2.23. The first-order chi connectivity index (χ1) is 8.76. The fourth-order valence-electron chi connectivity index (χ4n) is 1.48. The van der Waals surface area contributed by atoms with Gasteiger partial charge in [0, 0.05) is 29.2 Å². The van der Waals surface area contributed by atoms with Gasteiger partial charge in [0.15, 0.2) is 0 Å². The van der Waals surface area contributed by atoms with Gasteiger partial charge in [-0.2, -0.15) is 0 Å². The second-order valence-electron chi connectivity index (χ2n) is 5.17. The number of aromatic nitrogens is 1. The van der Waals surface area contributed by atoms with Crippen molar-refractivity contribution in [2.24, 2.45) is 0 Å². The van der Waals surface area contributed by atoms with Gasteiger partial charge in [0.2, 0.25) is 11.6 Å². The Morgan fingerprint density at radius 1 is 1.42 bits per heavy atom. The van der Waals surface area contributed by atoms with Crippen LogP contribution in [0.4, 0.5) is 10.7 Å². The van der Waals surface area contributed by atoms with Gasteiger partial charge in [0.1, 0.15) is 5.60 Å². The number of nitrogens with zero attached hydrogens (tertiary/aromatic N) is 2. The van der Waals surface area contributed by atoms with Crippen molar-refractivity contribution in [3.05, 3.63) is 22.8 Å². The Kier molecular flexibility index (Phi) is 3.54. The van der Waals surface area contributed by atoms with Crippen LogP contribution in [0.2, 0.25) is 0 Å². The van der Waals surface area contributed by atoms with Crippen molar-refractivity contribution in [1.82, 2.24) is 4.98 Å². The molecule has 0 saturated heterocycles. The minimum absolute atomic E-state index is 0.398. The van der Waals surface area contributed by atoms with Crippen molar-refractivity contribution in [3.63, 3.8) is 0 Å². The second-order valence-corrected chi connectivity index (χ2v) is 6.09. The highest BCUT2D eigenvalue weighted by Gasteiger charge is 2.22. The SMILES string of the molecule is CN(C(=O)OC(C)(C)C)c1cc2cc(Br)cnc2o1. The molecule has 0 aliphatic heterocycles. The van der Waals surface area contributed by atoms with Crippen molar-refractivity contribution in [1.29, 1.82) is 0 Å². The van der Waals surface area contributed by atoms with Gasteiger partial charge in [-0.3, -0.25) is 4.90 Å². The van der Waals surface area contributed by atoms with Gasteiger partial charge in [-0.05, 0) is 42.8 Å². The van der Waals surface area contributed by atoms with Crippen molar-refractivity contribution >= 4 is 39.0 Å². The van der Waals surface area contributed by atoms with Crippen LogP contribution < -0.4 is 4.90 Å². The molecule has 0 fully saturated rings. The summed E-state index contributed by atoms with van der Waals surface area (Å²) < 4.78 is 11.6. The standard InChI is InChI=1S/C13H15BrN2O3/c1-13(2,3)19-12(17)16(4)10-6-8-5-9(14)7-15-11(8)18-10/h5-7H,1-4H3. The van der Waals surface area contributed by atoms with Crippen LogP contribution in [0.3, 0.4) is 0 Å². The third-order valence-electron chi connectivity index (χ3n) is 2.32. The quantitative estimate of drug-likeness (QED) is 0.795. The maximum absolute atomic E-state index is 11.9. The van der Waals surface area contributed by atoms with Crippen molar-refractivity contribution < 1.29 is 13.9 Å². The van der Waals surface area contributed by atoms with Crippen LogP contribution in [-0.2, 0) is 4.74 Å². The molecule has 2 aromatic heterocycles. The molecule has 0 spiro atoms. The normalized spacial score (nSPS) is 11.6. The summed E-state index contributed by atoms with van der Waals surface area (Å²) in [6.45, 7) is 5.45. The number of carbonyl (C=O) groups is 1. The van der Waals surface area contributed by atoms with E-state index < -0.39 is 11.7 Å². The zero-order chi connectivity index (χ0) is 14.2. The van der Waals surface area contributed by atoms with Crippen molar-refractivity contribution in [2.45, 2.75) is 26.4 Å². The number of furan rings is 1. The number of carbonyl (C=O) groups excluding carboxylic acids is 1. The smallest absolute Gasteiger partial charge is 0.416 e. The molecule has 0 aliphatic carbocycles. The van der Waals surface area contributed by atoms with Crippen LogP contribution in [0.25, 0.3) is 11.1 Å². The van der Waals surface area contributed by atoms with Gasteiger partial charge in [-0.25, -0.2) is 9.78 Å². The van der Waals surface area contributed by atoms with E-state index >= 15 is 0 Å². The summed E-state index contributed by atoms with van der Waals surface area (Å²) in [7, 11) is 1.60. The lowest BCUT2D eigenvalue weighted by atomic mass is 10.2. The topological polar surface area (TPSA) is 55.6 Å². The highest BCUT2D eigenvalue weighted by molar-refractivity contribution is 9.10. The summed E-state index contributed by atoms with van der Waals surface area (Å²) in [5, 5.41) is 0.819. The van der Waals surface area contributed by atoms with Crippen molar-refractivity contribution in [2.75, 3.05) is 11.9 Å². The minimum atomic E-state index is -0.543. The third kappa shape index (κ3) is 3.26. The average molecular weight is 327 g/mol. The molecule has 0 unspecified atom stereocenters. The number of ether oxygens (including phenoxy) is 1. The van der Waals surface area contributed by atoms with Crippen LogP contribution in [-0.4, -0.2) is 23.7 Å². The van der Waals surface area contributed by atoms with Crippen molar-refractivity contribution in [3.8, 4) is 0 Å². The third-order valence-corrected chi connectivity index (χ3v) is 2.76. The number of amides is 1. The molecular formula is C13H15BrN2O3. The molecule has 0 radical (unpaired) electrons. The van der Waals surface area contributed by atoms with E-state index in [1.54, 1.807) is 19.3 Å². The zero-order valence-corrected chi connectivity index (χ0v) is 12.8. The molecule has 0 aliphatic rings. The Morgan fingerprint density at radius 3 is 2.74 bits per heavy atom. The second kappa shape index (κ2) is 4.85. The van der Waals surface area contributed by atoms with E-state index in [1.807, 2.05) is 26.8 Å². The lowest BCUT2D eigenvalue weighted by Crippen LogP contribution is -2.33. The van der Waals surface area contributed by atoms with E-state index in [1.165, 1.54) is 4.90 Å². The van der Waals surface area contributed by atoms with Gasteiger partial charge < -0.3 is 9.15 Å². The molecule has 1 amide bonds. The summed E-state index contributed by atoms with van der Waals surface area (Å²) in [4.78, 5) is 17.4. The number of hydrogen-bond acceptors (Lipinski definition) is 4. The summed E-state index contributed by atoms with van der Waals surface area (Å²) >= 11 is 3.34. The predicted octanol–water partition coefficient (Wildman–Crippen LogP) is 3.96. The molecule has 19 heavy (non-hydrogen) atoms. The van der Waals surface area contributed by atoms with Gasteiger partial charge in [0.05, 0.1) is 0 Å². The van der Waals surface area contributed by atoms with Gasteiger partial charge in [0.25, 0.3) is 0 Å². The summed E-state index contributed by atoms with van der Waals surface area (Å²) in [6, 6.07) is 3.62. The van der Waals surface area contributed by atoms with Crippen LogP contribution in [0.15, 0.2) is 27.2 Å². The highest BCUT2D eigenvalue weighted by atomic mass is 79.9. The molecule has 0 aromatic carbocycles. The Labute approximate surface area is 119 Å². The zero-order valence-electron chi connectivity index (χ0n) is 11.2. The summed E-state index contributed by atoms with van der Waals surface area (Å²) in [6.07, 6.45) is 1.17. The van der Waals surface area contributed by atoms with E-state index in [0.717, 1.165) is 9.86 Å². The van der Waals surface area contributed by atoms with E-state index in [4.69, 9.17) is 9.15 Å². The lowest BCUT2D eigenvalue weighted by molar-refractivity contribution is 0.0584. The van der Waals surface area contributed by atoms with Crippen LogP contribution >= 0.6 is 15.9 Å². The van der Waals surface area contributed by atoms with E-state index in [0.29, 0.717) is 11.6 Å². The fourth-order valence-corrected chi connectivity index (χ4v) is 1.83. The molecule has 0 atom stereocenters. The number of halogens is 1. The maximum Gasteiger partial charge on any atom is 0.416 e. The van der Waals surface area contributed by atoms with E-state index in [-0.39, 0.29) is 0 Å². The van der Waals surface area contributed by atoms with Crippen LogP contribution in [0, 0.1) is 0 Å². The van der Waals surface area contributed by atoms with Gasteiger partial charge >= 0.3 is 6.09 Å². The molecular weight excluding hydrogens is 312 g/mol. The first-order valence-electron chi connectivity index (χ1n) is 5.78. The number of hydrogen-bond donors (Lipinski definition) is 0. The molecule has 2 rings (SSSR count). The molecule has 5 nitrogen and oxygen atoms in total. The van der Waals surface area contributed by atoms with E-state index in [2.05, 4.69) is 20.9 Å². The monoisotopic (exact) mass is 326 g/mol. The van der Waals surface area contributed by atoms with Gasteiger partial charge in [-0.1, -0.05) is 0 Å². The Bertz CT molecular complexity index is 616. The first kappa shape index (κ1) is 13.9. The molecule has 0 bridgehead atoms. The highest BCUT2D eigenvalue weighted by Crippen LogP contribution is 2.26. The first-order valence-corrected chi connectivity index (χ1v) is 6.57. The molecule has 0 N–H and O–H groups in total. The van der Waals surface area contributed by atoms with Gasteiger partial charge in [-0.15, -0.1) is 0 Å². The van der Waals surface area contributed by atoms with Crippen LogP contribution in [0.5, 0.6) is 0 Å². The number of rotatable bonds is 1. The average Bonchev–Trinajstić information content (AvgIpc) is 2.68. The van der Waals surface area contributed by atoms with E-state index in [9.17, 15) is 4.79 Å². The number of pyridine rings is 1. The predicted molar refractivity (Wildman–Crippen MR) is 76.3 cm³/mol. The molecule has 2 aromatic rings. The number of anilines is 1. The summed E-state index contributed by atoms with van der Waals surface area (Å²) in [5.41, 5.74) is -0.0628. The Balaban J connectivity index is 2.26. The molecule has 2 heterocycles. The fraction of sp³-hybridized carbons (Fsp3) is 0.385. The maximum atomic E-state index is 11.9. The minimum Gasteiger partial charge on any atom is -0.443 e. The Hall–Kier alpha value is -1.56. The molecule has 102 valence electrons. The Morgan fingerprint density at radius 2 is 2.11 bits per heavy atom. The number of fused-ring (bicyclic) bond motifs is 1. The molecule has 6 heteroatoms. The van der Waals surface area contributed by atoms with Crippen LogP contribution in [0.1, 0.15) is 20.8 Å². The summed E-state index contributed by atoms with van der Waals surface area (Å²) in [5.74, 6) is 0.398. The largest absolute Gasteiger partial charge is 0.443 e.